The number of phenols is 1. The average molecular weight is 344 g/mol. The lowest BCUT2D eigenvalue weighted by atomic mass is 9.98. The molecule has 0 saturated heterocycles. The van der Waals surface area contributed by atoms with Crippen LogP contribution in [0.2, 0.25) is 0 Å². The summed E-state index contributed by atoms with van der Waals surface area (Å²) >= 11 is 0. The van der Waals surface area contributed by atoms with Gasteiger partial charge in [0.25, 0.3) is 0 Å². The first kappa shape index (κ1) is 16.2. The van der Waals surface area contributed by atoms with Crippen LogP contribution < -0.4 is 4.74 Å². The molecule has 0 bridgehead atoms. The molecular formula is C23H17FO2. The van der Waals surface area contributed by atoms with Gasteiger partial charge in [0.15, 0.2) is 0 Å². The van der Waals surface area contributed by atoms with E-state index >= 15 is 0 Å². The quantitative estimate of drug-likeness (QED) is 0.462. The second kappa shape index (κ2) is 6.52. The average Bonchev–Trinajstić information content (AvgIpc) is 2.64. The van der Waals surface area contributed by atoms with E-state index in [-0.39, 0.29) is 11.6 Å². The van der Waals surface area contributed by atoms with Crippen LogP contribution >= 0.6 is 0 Å². The highest BCUT2D eigenvalue weighted by molar-refractivity contribution is 5.95. The Morgan fingerprint density at radius 2 is 1.54 bits per heavy atom. The van der Waals surface area contributed by atoms with E-state index < -0.39 is 0 Å². The van der Waals surface area contributed by atoms with Crippen molar-refractivity contribution in [2.45, 2.75) is 6.92 Å². The van der Waals surface area contributed by atoms with E-state index in [2.05, 4.69) is 6.07 Å². The van der Waals surface area contributed by atoms with Gasteiger partial charge >= 0.3 is 0 Å². The Morgan fingerprint density at radius 3 is 2.27 bits per heavy atom. The Labute approximate surface area is 151 Å². The first-order chi connectivity index (χ1) is 12.6. The summed E-state index contributed by atoms with van der Waals surface area (Å²) in [6.07, 6.45) is 0. The molecule has 0 saturated carbocycles. The molecule has 3 heteroatoms. The molecule has 0 atom stereocenters. The summed E-state index contributed by atoms with van der Waals surface area (Å²) in [5.41, 5.74) is 2.93. The van der Waals surface area contributed by atoms with Gasteiger partial charge in [0.2, 0.25) is 0 Å². The van der Waals surface area contributed by atoms with Crippen molar-refractivity contribution in [3.63, 3.8) is 0 Å². The topological polar surface area (TPSA) is 29.5 Å². The predicted octanol–water partition coefficient (Wildman–Crippen LogP) is 6.45. The van der Waals surface area contributed by atoms with Crippen LogP contribution in [-0.4, -0.2) is 5.11 Å². The third-order valence-electron chi connectivity index (χ3n) is 4.34. The fourth-order valence-corrected chi connectivity index (χ4v) is 3.02. The van der Waals surface area contributed by atoms with Crippen molar-refractivity contribution >= 4 is 10.8 Å². The lowest BCUT2D eigenvalue weighted by Gasteiger charge is -2.15. The Morgan fingerprint density at radius 1 is 0.808 bits per heavy atom. The Balaban J connectivity index is 1.91. The lowest BCUT2D eigenvalue weighted by Crippen LogP contribution is -1.91. The summed E-state index contributed by atoms with van der Waals surface area (Å²) in [6, 6.07) is 23.2. The molecule has 1 N–H and O–H groups in total. The summed E-state index contributed by atoms with van der Waals surface area (Å²) < 4.78 is 19.5. The van der Waals surface area contributed by atoms with Gasteiger partial charge in [-0.2, -0.15) is 0 Å². The molecule has 0 aliphatic rings. The van der Waals surface area contributed by atoms with E-state index in [1.54, 1.807) is 36.4 Å². The number of phenolic OH excluding ortho intramolecular Hbond substituents is 1. The van der Waals surface area contributed by atoms with Crippen molar-refractivity contribution in [2.24, 2.45) is 0 Å². The molecule has 0 aliphatic heterocycles. The van der Waals surface area contributed by atoms with Gasteiger partial charge in [0, 0.05) is 10.9 Å². The maximum absolute atomic E-state index is 13.3. The zero-order chi connectivity index (χ0) is 18.1. The highest BCUT2D eigenvalue weighted by Gasteiger charge is 2.13. The lowest BCUT2D eigenvalue weighted by molar-refractivity contribution is 0.466. The van der Waals surface area contributed by atoms with Crippen molar-refractivity contribution < 1.29 is 14.2 Å². The molecule has 128 valence electrons. The van der Waals surface area contributed by atoms with Crippen molar-refractivity contribution in [2.75, 3.05) is 0 Å². The minimum absolute atomic E-state index is 0.185. The van der Waals surface area contributed by atoms with Crippen LogP contribution in [0.1, 0.15) is 5.56 Å². The molecule has 0 amide bonds. The van der Waals surface area contributed by atoms with Crippen LogP contribution in [0.25, 0.3) is 21.9 Å². The summed E-state index contributed by atoms with van der Waals surface area (Å²) in [5, 5.41) is 11.5. The van der Waals surface area contributed by atoms with E-state index in [4.69, 9.17) is 4.74 Å². The van der Waals surface area contributed by atoms with Crippen molar-refractivity contribution in [3.8, 4) is 28.4 Å². The number of aromatic hydroxyl groups is 1. The number of aryl methyl sites for hydroxylation is 1. The fraction of sp³-hybridized carbons (Fsp3) is 0.0435. The van der Waals surface area contributed by atoms with Gasteiger partial charge < -0.3 is 9.84 Å². The monoisotopic (exact) mass is 344 g/mol. The number of ether oxygens (including phenoxy) is 1. The Hall–Kier alpha value is -3.33. The van der Waals surface area contributed by atoms with E-state index in [1.807, 2.05) is 31.2 Å². The first-order valence-corrected chi connectivity index (χ1v) is 8.36. The van der Waals surface area contributed by atoms with E-state index in [0.717, 1.165) is 21.9 Å². The van der Waals surface area contributed by atoms with E-state index in [9.17, 15) is 9.50 Å². The van der Waals surface area contributed by atoms with Crippen molar-refractivity contribution in [3.05, 3.63) is 90.2 Å². The van der Waals surface area contributed by atoms with Gasteiger partial charge in [-0.15, -0.1) is 0 Å². The predicted molar refractivity (Wildman–Crippen MR) is 102 cm³/mol. The number of halogens is 1. The molecule has 0 aromatic heterocycles. The molecule has 0 aliphatic carbocycles. The highest BCUT2D eigenvalue weighted by Crippen LogP contribution is 2.40. The molecule has 0 heterocycles. The van der Waals surface area contributed by atoms with E-state index in [0.29, 0.717) is 11.5 Å². The van der Waals surface area contributed by atoms with Crippen LogP contribution in [0.4, 0.5) is 4.39 Å². The van der Waals surface area contributed by atoms with Gasteiger partial charge in [-0.3, -0.25) is 0 Å². The fourth-order valence-electron chi connectivity index (χ4n) is 3.02. The van der Waals surface area contributed by atoms with E-state index in [1.165, 1.54) is 17.7 Å². The summed E-state index contributed by atoms with van der Waals surface area (Å²) in [6.45, 7) is 2.05. The number of benzene rings is 4. The number of rotatable bonds is 3. The normalized spacial score (nSPS) is 10.8. The smallest absolute Gasteiger partial charge is 0.143 e. The highest BCUT2D eigenvalue weighted by atomic mass is 19.1. The molecule has 4 aromatic rings. The summed E-state index contributed by atoms with van der Waals surface area (Å²) in [4.78, 5) is 0. The third-order valence-corrected chi connectivity index (χ3v) is 4.34. The molecule has 0 unspecified atom stereocenters. The molecule has 0 radical (unpaired) electrons. The van der Waals surface area contributed by atoms with Crippen LogP contribution in [0.3, 0.4) is 0 Å². The molecule has 2 nitrogen and oxygen atoms in total. The van der Waals surface area contributed by atoms with Crippen LogP contribution in [0, 0.1) is 12.7 Å². The third kappa shape index (κ3) is 3.11. The number of hydrogen-bond donors (Lipinski definition) is 1. The van der Waals surface area contributed by atoms with Crippen molar-refractivity contribution in [1.82, 2.24) is 0 Å². The molecule has 4 rings (SSSR count). The van der Waals surface area contributed by atoms with Gasteiger partial charge in [-0.05, 0) is 60.3 Å². The first-order valence-electron chi connectivity index (χ1n) is 8.36. The minimum Gasteiger partial charge on any atom is -0.508 e. The molecule has 4 aromatic carbocycles. The van der Waals surface area contributed by atoms with Gasteiger partial charge in [-0.1, -0.05) is 42.0 Å². The maximum atomic E-state index is 13.3. The minimum atomic E-state index is -0.272. The molecule has 26 heavy (non-hydrogen) atoms. The summed E-state index contributed by atoms with van der Waals surface area (Å²) in [5.74, 6) is 1.25. The second-order valence-electron chi connectivity index (χ2n) is 6.27. The molecular weight excluding hydrogens is 327 g/mol. The number of hydrogen-bond acceptors (Lipinski definition) is 2. The van der Waals surface area contributed by atoms with Crippen LogP contribution in [0.15, 0.2) is 78.9 Å². The Kier molecular flexibility index (Phi) is 4.05. The van der Waals surface area contributed by atoms with Gasteiger partial charge in [-0.25, -0.2) is 4.39 Å². The van der Waals surface area contributed by atoms with Crippen molar-refractivity contribution in [1.29, 1.82) is 0 Å². The summed E-state index contributed by atoms with van der Waals surface area (Å²) in [7, 11) is 0. The second-order valence-corrected chi connectivity index (χ2v) is 6.27. The largest absolute Gasteiger partial charge is 0.508 e. The number of fused-ring (bicyclic) bond motifs is 1. The SMILES string of the molecule is Cc1ccc2c(Oc3ccc(O)cc3)c(-c3ccc(F)cc3)ccc2c1. The maximum Gasteiger partial charge on any atom is 0.143 e. The van der Waals surface area contributed by atoms with Crippen LogP contribution in [0.5, 0.6) is 17.2 Å². The molecule has 0 spiro atoms. The standard InChI is InChI=1S/C23H17FO2/c1-15-2-12-22-17(14-15)5-13-21(16-3-6-18(24)7-4-16)23(22)26-20-10-8-19(25)9-11-20/h2-14,25H,1H3. The Bertz CT molecular complexity index is 1070. The van der Waals surface area contributed by atoms with Gasteiger partial charge in [0.1, 0.15) is 23.1 Å². The molecule has 0 fully saturated rings. The zero-order valence-corrected chi connectivity index (χ0v) is 14.2. The van der Waals surface area contributed by atoms with Crippen LogP contribution in [-0.2, 0) is 0 Å². The zero-order valence-electron chi connectivity index (χ0n) is 14.2. The van der Waals surface area contributed by atoms with Gasteiger partial charge in [0.05, 0.1) is 0 Å².